The van der Waals surface area contributed by atoms with Crippen molar-refractivity contribution < 1.29 is 9.00 Å². The number of carbonyl (C=O) groups excluding carboxylic acids is 1. The fourth-order valence-corrected chi connectivity index (χ4v) is 3.68. The molecule has 1 aromatic rings. The predicted molar refractivity (Wildman–Crippen MR) is 101 cm³/mol. The Labute approximate surface area is 151 Å². The standard InChI is InChI=1S/C17H26ClN3O2S/c1-17(2,3)24(23)13-8-19-16(22)21-11-9-20(10-12-21)15-7-5-4-6-14(15)18/h4-7H,8-13H2,1-3H3,(H,19,22). The second-order valence-electron chi connectivity index (χ2n) is 6.82. The van der Waals surface area contributed by atoms with Crippen LogP contribution < -0.4 is 10.2 Å². The number of carbonyl (C=O) groups is 1. The maximum absolute atomic E-state index is 12.2. The van der Waals surface area contributed by atoms with Gasteiger partial charge in [-0.2, -0.15) is 0 Å². The number of nitrogens with zero attached hydrogens (tertiary/aromatic N) is 2. The predicted octanol–water partition coefficient (Wildman–Crippen LogP) is 2.72. The first kappa shape index (κ1) is 19.1. The van der Waals surface area contributed by atoms with Crippen molar-refractivity contribution in [2.24, 2.45) is 0 Å². The van der Waals surface area contributed by atoms with Gasteiger partial charge in [0.1, 0.15) is 0 Å². The molecule has 1 unspecified atom stereocenters. The van der Waals surface area contributed by atoms with E-state index < -0.39 is 10.8 Å². The van der Waals surface area contributed by atoms with E-state index in [4.69, 9.17) is 11.6 Å². The molecular weight excluding hydrogens is 346 g/mol. The zero-order valence-electron chi connectivity index (χ0n) is 14.5. The molecule has 1 heterocycles. The highest BCUT2D eigenvalue weighted by molar-refractivity contribution is 7.86. The molecule has 2 amide bonds. The van der Waals surface area contributed by atoms with E-state index in [0.717, 1.165) is 23.8 Å². The van der Waals surface area contributed by atoms with Gasteiger partial charge in [0.05, 0.1) is 10.7 Å². The Morgan fingerprint density at radius 1 is 1.21 bits per heavy atom. The number of para-hydroxylation sites is 1. The topological polar surface area (TPSA) is 52.7 Å². The maximum atomic E-state index is 12.2. The minimum atomic E-state index is -0.948. The van der Waals surface area contributed by atoms with Gasteiger partial charge in [-0.15, -0.1) is 0 Å². The van der Waals surface area contributed by atoms with E-state index in [2.05, 4.69) is 10.2 Å². The number of piperazine rings is 1. The Bertz CT molecular complexity index is 596. The number of urea groups is 1. The third kappa shape index (κ3) is 5.11. The summed E-state index contributed by atoms with van der Waals surface area (Å²) in [6.45, 7) is 9.08. The van der Waals surface area contributed by atoms with Crippen molar-refractivity contribution in [2.45, 2.75) is 25.5 Å². The molecule has 1 aliphatic heterocycles. The lowest BCUT2D eigenvalue weighted by atomic mass is 10.2. The zero-order valence-corrected chi connectivity index (χ0v) is 16.1. The molecule has 1 saturated heterocycles. The molecule has 2 rings (SSSR count). The van der Waals surface area contributed by atoms with E-state index in [1.54, 1.807) is 4.90 Å². The van der Waals surface area contributed by atoms with Crippen LogP contribution in [0.4, 0.5) is 10.5 Å². The minimum Gasteiger partial charge on any atom is -0.367 e. The molecule has 0 saturated carbocycles. The highest BCUT2D eigenvalue weighted by Crippen LogP contribution is 2.25. The van der Waals surface area contributed by atoms with Crippen LogP contribution in [0, 0.1) is 0 Å². The van der Waals surface area contributed by atoms with Crippen LogP contribution in [0.15, 0.2) is 24.3 Å². The zero-order chi connectivity index (χ0) is 17.7. The second-order valence-corrected chi connectivity index (χ2v) is 9.55. The van der Waals surface area contributed by atoms with Crippen molar-refractivity contribution in [3.8, 4) is 0 Å². The third-order valence-electron chi connectivity index (χ3n) is 4.01. The molecule has 134 valence electrons. The number of halogens is 1. The third-order valence-corrected chi connectivity index (χ3v) is 6.27. The van der Waals surface area contributed by atoms with E-state index in [0.29, 0.717) is 25.4 Å². The molecule has 0 radical (unpaired) electrons. The highest BCUT2D eigenvalue weighted by atomic mass is 35.5. The van der Waals surface area contributed by atoms with Gasteiger partial charge >= 0.3 is 6.03 Å². The molecule has 1 N–H and O–H groups in total. The first-order valence-corrected chi connectivity index (χ1v) is 9.89. The molecule has 1 aromatic carbocycles. The number of hydrogen-bond donors (Lipinski definition) is 1. The number of hydrogen-bond acceptors (Lipinski definition) is 3. The molecule has 1 fully saturated rings. The maximum Gasteiger partial charge on any atom is 0.317 e. The summed E-state index contributed by atoms with van der Waals surface area (Å²) in [6.07, 6.45) is 0. The summed E-state index contributed by atoms with van der Waals surface area (Å²) in [5.41, 5.74) is 1.01. The molecule has 7 heteroatoms. The van der Waals surface area contributed by atoms with Crippen molar-refractivity contribution in [2.75, 3.05) is 43.4 Å². The number of rotatable bonds is 4. The van der Waals surface area contributed by atoms with Gasteiger partial charge in [0.25, 0.3) is 0 Å². The second kappa shape index (κ2) is 8.21. The average molecular weight is 372 g/mol. The van der Waals surface area contributed by atoms with Gasteiger partial charge in [0.15, 0.2) is 0 Å². The number of amides is 2. The fraction of sp³-hybridized carbons (Fsp3) is 0.588. The summed E-state index contributed by atoms with van der Waals surface area (Å²) in [4.78, 5) is 16.2. The Morgan fingerprint density at radius 2 is 1.83 bits per heavy atom. The van der Waals surface area contributed by atoms with Crippen molar-refractivity contribution >= 4 is 34.1 Å². The molecule has 0 aromatic heterocycles. The largest absolute Gasteiger partial charge is 0.367 e. The Balaban J connectivity index is 1.77. The number of benzene rings is 1. The number of nitrogens with one attached hydrogen (secondary N) is 1. The minimum absolute atomic E-state index is 0.0836. The molecule has 1 atom stereocenters. The molecule has 5 nitrogen and oxygen atoms in total. The summed E-state index contributed by atoms with van der Waals surface area (Å²) in [6, 6.07) is 7.68. The molecular formula is C17H26ClN3O2S. The fourth-order valence-electron chi connectivity index (χ4n) is 2.53. The van der Waals surface area contributed by atoms with Gasteiger partial charge < -0.3 is 15.1 Å². The van der Waals surface area contributed by atoms with E-state index in [1.165, 1.54) is 0 Å². The van der Waals surface area contributed by atoms with Crippen LogP contribution in [0.2, 0.25) is 5.02 Å². The average Bonchev–Trinajstić information content (AvgIpc) is 2.54. The van der Waals surface area contributed by atoms with Crippen molar-refractivity contribution in [1.29, 1.82) is 0 Å². The van der Waals surface area contributed by atoms with Gasteiger partial charge in [-0.05, 0) is 32.9 Å². The molecule has 24 heavy (non-hydrogen) atoms. The smallest absolute Gasteiger partial charge is 0.317 e. The van der Waals surface area contributed by atoms with Gasteiger partial charge in [-0.3, -0.25) is 4.21 Å². The first-order valence-electron chi connectivity index (χ1n) is 8.20. The molecule has 0 aliphatic carbocycles. The van der Waals surface area contributed by atoms with Crippen LogP contribution in [0.1, 0.15) is 20.8 Å². The van der Waals surface area contributed by atoms with Gasteiger partial charge in [-0.1, -0.05) is 23.7 Å². The van der Waals surface area contributed by atoms with Crippen LogP contribution in [-0.2, 0) is 10.8 Å². The van der Waals surface area contributed by atoms with Gasteiger partial charge in [-0.25, -0.2) is 4.79 Å². The summed E-state index contributed by atoms with van der Waals surface area (Å²) in [5.74, 6) is 0.481. The Morgan fingerprint density at radius 3 is 2.42 bits per heavy atom. The molecule has 1 aliphatic rings. The first-order chi connectivity index (χ1) is 11.3. The quantitative estimate of drug-likeness (QED) is 0.885. The van der Waals surface area contributed by atoms with Crippen molar-refractivity contribution in [3.05, 3.63) is 29.3 Å². The lowest BCUT2D eigenvalue weighted by molar-refractivity contribution is 0.195. The normalized spacial score (nSPS) is 16.8. The van der Waals surface area contributed by atoms with Crippen LogP contribution in [0.3, 0.4) is 0 Å². The lowest BCUT2D eigenvalue weighted by Crippen LogP contribution is -2.52. The van der Waals surface area contributed by atoms with Crippen molar-refractivity contribution in [3.63, 3.8) is 0 Å². The van der Waals surface area contributed by atoms with Crippen LogP contribution in [0.25, 0.3) is 0 Å². The summed E-state index contributed by atoms with van der Waals surface area (Å²) < 4.78 is 11.7. The van der Waals surface area contributed by atoms with Crippen LogP contribution in [-0.4, -0.2) is 58.4 Å². The Hall–Kier alpha value is -1.27. The Kier molecular flexibility index (Phi) is 6.52. The highest BCUT2D eigenvalue weighted by Gasteiger charge is 2.23. The molecule has 0 spiro atoms. The van der Waals surface area contributed by atoms with E-state index >= 15 is 0 Å². The number of anilines is 1. The molecule has 0 bridgehead atoms. The van der Waals surface area contributed by atoms with Crippen LogP contribution in [0.5, 0.6) is 0 Å². The van der Waals surface area contributed by atoms with Gasteiger partial charge in [0, 0.05) is 54.0 Å². The van der Waals surface area contributed by atoms with Crippen molar-refractivity contribution in [1.82, 2.24) is 10.2 Å². The van der Waals surface area contributed by atoms with E-state index in [9.17, 15) is 9.00 Å². The van der Waals surface area contributed by atoms with Crippen LogP contribution >= 0.6 is 11.6 Å². The SMILES string of the molecule is CC(C)(C)S(=O)CCNC(=O)N1CCN(c2ccccc2Cl)CC1. The van der Waals surface area contributed by atoms with E-state index in [1.807, 2.05) is 45.0 Å². The van der Waals surface area contributed by atoms with Gasteiger partial charge in [0.2, 0.25) is 0 Å². The summed E-state index contributed by atoms with van der Waals surface area (Å²) in [7, 11) is -0.948. The monoisotopic (exact) mass is 371 g/mol. The summed E-state index contributed by atoms with van der Waals surface area (Å²) >= 11 is 6.23. The summed E-state index contributed by atoms with van der Waals surface area (Å²) in [5, 5.41) is 3.61. The lowest BCUT2D eigenvalue weighted by Gasteiger charge is -2.36. The van der Waals surface area contributed by atoms with E-state index in [-0.39, 0.29) is 10.8 Å².